The molecule has 2 atom stereocenters. The van der Waals surface area contributed by atoms with Crippen LogP contribution in [0.3, 0.4) is 0 Å². The number of hydrogen-bond donors (Lipinski definition) is 0. The van der Waals surface area contributed by atoms with Crippen molar-refractivity contribution in [1.29, 1.82) is 0 Å². The molecule has 2 fully saturated rings. The number of aryl methyl sites for hydroxylation is 1. The molecule has 1 saturated heterocycles. The number of amides is 1. The maximum Gasteiger partial charge on any atom is 0.410 e. The fourth-order valence-corrected chi connectivity index (χ4v) is 6.10. The van der Waals surface area contributed by atoms with E-state index in [-0.39, 0.29) is 30.5 Å². The van der Waals surface area contributed by atoms with Crippen LogP contribution in [0.25, 0.3) is 16.7 Å². The summed E-state index contributed by atoms with van der Waals surface area (Å²) >= 11 is 0. The highest BCUT2D eigenvalue weighted by molar-refractivity contribution is 5.82. The van der Waals surface area contributed by atoms with Crippen molar-refractivity contribution in [2.75, 3.05) is 20.2 Å². The predicted molar refractivity (Wildman–Crippen MR) is 165 cm³/mol. The first-order valence-corrected chi connectivity index (χ1v) is 15.3. The van der Waals surface area contributed by atoms with Gasteiger partial charge in [0, 0.05) is 29.8 Å². The largest absolute Gasteiger partial charge is 0.467 e. The first-order chi connectivity index (χ1) is 21.1. The van der Waals surface area contributed by atoms with Crippen LogP contribution >= 0.6 is 0 Å². The van der Waals surface area contributed by atoms with Crippen LogP contribution in [0.15, 0.2) is 54.7 Å². The molecule has 9 nitrogen and oxygen atoms in total. The Morgan fingerprint density at radius 2 is 1.86 bits per heavy atom. The van der Waals surface area contributed by atoms with Gasteiger partial charge in [-0.25, -0.2) is 13.9 Å². The van der Waals surface area contributed by atoms with Crippen LogP contribution in [0.4, 0.5) is 9.18 Å². The van der Waals surface area contributed by atoms with Crippen molar-refractivity contribution in [3.63, 3.8) is 0 Å². The number of piperidine rings is 1. The van der Waals surface area contributed by atoms with E-state index in [1.807, 2.05) is 64.1 Å². The molecular weight excluding hydrogens is 561 g/mol. The van der Waals surface area contributed by atoms with Crippen molar-refractivity contribution < 1.29 is 23.4 Å². The minimum atomic E-state index is -1.22. The third kappa shape index (κ3) is 6.40. The summed E-state index contributed by atoms with van der Waals surface area (Å²) in [7, 11) is 1.56. The molecule has 1 aliphatic heterocycles. The molecule has 3 heterocycles. The second kappa shape index (κ2) is 12.1. The van der Waals surface area contributed by atoms with Gasteiger partial charge in [-0.3, -0.25) is 0 Å². The van der Waals surface area contributed by atoms with Gasteiger partial charge in [0.2, 0.25) is 0 Å². The van der Waals surface area contributed by atoms with Crippen molar-refractivity contribution in [3.8, 4) is 11.8 Å². The molecule has 2 aliphatic rings. The third-order valence-corrected chi connectivity index (χ3v) is 8.50. The highest BCUT2D eigenvalue weighted by Gasteiger charge is 2.36. The molecule has 44 heavy (non-hydrogen) atoms. The molecule has 0 radical (unpaired) electrons. The van der Waals surface area contributed by atoms with Gasteiger partial charge in [0.05, 0.1) is 43.8 Å². The van der Waals surface area contributed by atoms with E-state index in [0.29, 0.717) is 25.4 Å². The number of likely N-dealkylation sites (tertiary alicyclic amines) is 1. The van der Waals surface area contributed by atoms with Crippen LogP contribution in [0, 0.1) is 6.92 Å². The Bertz CT molecular complexity index is 1630. The minimum absolute atomic E-state index is 0.000232. The maximum absolute atomic E-state index is 15.7. The summed E-state index contributed by atoms with van der Waals surface area (Å²) in [6.45, 7) is 8.46. The lowest BCUT2D eigenvalue weighted by Crippen LogP contribution is -2.46. The zero-order chi connectivity index (χ0) is 31.0. The van der Waals surface area contributed by atoms with Crippen molar-refractivity contribution in [2.24, 2.45) is 0 Å². The number of nitrogens with zero attached hydrogens (tertiary/aromatic N) is 5. The average Bonchev–Trinajstić information content (AvgIpc) is 3.38. The van der Waals surface area contributed by atoms with E-state index >= 15 is 4.39 Å². The molecule has 0 N–H and O–H groups in total. The number of rotatable bonds is 7. The van der Waals surface area contributed by atoms with Gasteiger partial charge in [-0.1, -0.05) is 30.3 Å². The third-order valence-electron chi connectivity index (χ3n) is 8.50. The highest BCUT2D eigenvalue weighted by Crippen LogP contribution is 2.40. The Balaban J connectivity index is 1.20. The molecule has 10 heteroatoms. The molecule has 1 aliphatic carbocycles. The van der Waals surface area contributed by atoms with E-state index < -0.39 is 17.9 Å². The number of methoxy groups -OCH3 is 1. The van der Waals surface area contributed by atoms with Gasteiger partial charge in [-0.2, -0.15) is 15.1 Å². The SMILES string of the molecule is COc1nc(-n2ncc3cc(C)c(C4CCN(C(=O)OC(C)(C)C)CC4F)cc32)cc([C@H]2C[C@H](OCc3ccccc3)C2)n1. The van der Waals surface area contributed by atoms with Crippen LogP contribution in [0.5, 0.6) is 6.01 Å². The first-order valence-electron chi connectivity index (χ1n) is 15.3. The Hall–Kier alpha value is -4.05. The van der Waals surface area contributed by atoms with Gasteiger partial charge in [-0.05, 0) is 75.8 Å². The zero-order valence-corrected chi connectivity index (χ0v) is 26.0. The quantitative estimate of drug-likeness (QED) is 0.234. The minimum Gasteiger partial charge on any atom is -0.467 e. The summed E-state index contributed by atoms with van der Waals surface area (Å²) in [5, 5.41) is 5.60. The van der Waals surface area contributed by atoms with E-state index in [1.54, 1.807) is 18.0 Å². The van der Waals surface area contributed by atoms with Gasteiger partial charge in [0.25, 0.3) is 0 Å². The van der Waals surface area contributed by atoms with Gasteiger partial charge in [0.1, 0.15) is 11.8 Å². The Morgan fingerprint density at radius 3 is 2.57 bits per heavy atom. The van der Waals surface area contributed by atoms with E-state index in [9.17, 15) is 4.79 Å². The number of halogens is 1. The number of aromatic nitrogens is 4. The monoisotopic (exact) mass is 601 g/mol. The molecule has 2 aromatic heterocycles. The molecular formula is C34H40FN5O4. The van der Waals surface area contributed by atoms with Gasteiger partial charge in [-0.15, -0.1) is 0 Å². The molecule has 4 aromatic rings. The molecule has 1 saturated carbocycles. The van der Waals surface area contributed by atoms with E-state index in [0.717, 1.165) is 46.1 Å². The number of benzene rings is 2. The smallest absolute Gasteiger partial charge is 0.410 e. The van der Waals surface area contributed by atoms with E-state index in [2.05, 4.69) is 27.2 Å². The lowest BCUT2D eigenvalue weighted by atomic mass is 9.80. The predicted octanol–water partition coefficient (Wildman–Crippen LogP) is 6.66. The van der Waals surface area contributed by atoms with Crippen molar-refractivity contribution in [1.82, 2.24) is 24.6 Å². The summed E-state index contributed by atoms with van der Waals surface area (Å²) < 4.78 is 34.5. The van der Waals surface area contributed by atoms with Crippen LogP contribution in [0.2, 0.25) is 0 Å². The molecule has 0 spiro atoms. The fourth-order valence-electron chi connectivity index (χ4n) is 6.10. The number of fused-ring (bicyclic) bond motifs is 1. The molecule has 0 bridgehead atoms. The fraction of sp³-hybridized carbons (Fsp3) is 0.471. The number of ether oxygens (including phenoxy) is 3. The standard InChI is InChI=1S/C34H40FN5O4/c1-21-13-24-18-36-40(30(24)16-27(21)26-11-12-39(19-28(26)35)33(41)44-34(2,3)4)31-17-29(37-32(38-31)42-5)23-14-25(15-23)43-20-22-9-7-6-8-10-22/h6-10,13,16-18,23,25-26,28H,11-12,14-15,19-20H2,1-5H3/t23-,25-,26?,28?. The molecule has 2 aromatic carbocycles. The first kappa shape index (κ1) is 30.0. The Morgan fingerprint density at radius 1 is 1.09 bits per heavy atom. The summed E-state index contributed by atoms with van der Waals surface area (Å²) in [6, 6.07) is 16.5. The molecule has 6 rings (SSSR count). The molecule has 232 valence electrons. The summed E-state index contributed by atoms with van der Waals surface area (Å²) in [4.78, 5) is 23.3. The Kier molecular flexibility index (Phi) is 8.28. The highest BCUT2D eigenvalue weighted by atomic mass is 19.1. The number of carbonyl (C=O) groups excluding carboxylic acids is 1. The molecule has 2 unspecified atom stereocenters. The number of alkyl halides is 1. The summed E-state index contributed by atoms with van der Waals surface area (Å²) in [5.41, 5.74) is 4.16. The Labute approximate surface area is 257 Å². The normalized spacial score (nSPS) is 22.1. The lowest BCUT2D eigenvalue weighted by molar-refractivity contribution is -0.0215. The number of hydrogen-bond acceptors (Lipinski definition) is 7. The van der Waals surface area contributed by atoms with Crippen LogP contribution < -0.4 is 4.74 Å². The van der Waals surface area contributed by atoms with Gasteiger partial charge < -0.3 is 19.1 Å². The maximum atomic E-state index is 15.7. The number of carbonyl (C=O) groups is 1. The van der Waals surface area contributed by atoms with Crippen LogP contribution in [-0.4, -0.2) is 68.8 Å². The molecule has 1 amide bonds. The van der Waals surface area contributed by atoms with E-state index in [1.165, 1.54) is 4.90 Å². The van der Waals surface area contributed by atoms with Gasteiger partial charge >= 0.3 is 12.1 Å². The summed E-state index contributed by atoms with van der Waals surface area (Å²) in [6.07, 6.45) is 2.53. The summed E-state index contributed by atoms with van der Waals surface area (Å²) in [5.74, 6) is 0.482. The van der Waals surface area contributed by atoms with E-state index in [4.69, 9.17) is 14.2 Å². The van der Waals surface area contributed by atoms with Gasteiger partial charge in [0.15, 0.2) is 5.82 Å². The van der Waals surface area contributed by atoms with Crippen LogP contribution in [-0.2, 0) is 16.1 Å². The van der Waals surface area contributed by atoms with Crippen molar-refractivity contribution >= 4 is 17.0 Å². The second-order valence-electron chi connectivity index (χ2n) is 12.9. The topological polar surface area (TPSA) is 91.6 Å². The lowest BCUT2D eigenvalue weighted by Gasteiger charge is -2.36. The van der Waals surface area contributed by atoms with Crippen molar-refractivity contribution in [2.45, 2.75) is 83.3 Å². The average molecular weight is 602 g/mol. The zero-order valence-electron chi connectivity index (χ0n) is 26.0. The van der Waals surface area contributed by atoms with Crippen LogP contribution in [0.1, 0.15) is 74.3 Å². The second-order valence-corrected chi connectivity index (χ2v) is 12.9. The van der Waals surface area contributed by atoms with Crippen molar-refractivity contribution in [3.05, 3.63) is 77.1 Å².